The fourth-order valence-electron chi connectivity index (χ4n) is 1.88. The predicted molar refractivity (Wildman–Crippen MR) is 65.2 cm³/mol. The van der Waals surface area contributed by atoms with Crippen molar-refractivity contribution in [2.75, 3.05) is 29.5 Å². The minimum Gasteiger partial charge on any atom is -0.369 e. The van der Waals surface area contributed by atoms with Crippen molar-refractivity contribution in [2.24, 2.45) is 5.73 Å². The number of sulfone groups is 1. The fraction of sp³-hybridized carbons (Fsp3) is 0.455. The first-order chi connectivity index (χ1) is 8.02. The lowest BCUT2D eigenvalue weighted by molar-refractivity contribution is 0.586. The van der Waals surface area contributed by atoms with E-state index in [2.05, 4.69) is 0 Å². The molecule has 1 heterocycles. The Kier molecular flexibility index (Phi) is 3.35. The van der Waals surface area contributed by atoms with Crippen LogP contribution in [0.4, 0.5) is 10.1 Å². The Labute approximate surface area is 100 Å². The molecule has 17 heavy (non-hydrogen) atoms. The molecular weight excluding hydrogens is 243 g/mol. The summed E-state index contributed by atoms with van der Waals surface area (Å²) in [4.78, 5) is 1.94. The maximum atomic E-state index is 13.3. The first kappa shape index (κ1) is 12.3. The van der Waals surface area contributed by atoms with Gasteiger partial charge in [-0.3, -0.25) is 0 Å². The zero-order valence-corrected chi connectivity index (χ0v) is 10.2. The molecule has 0 bridgehead atoms. The molecule has 0 saturated carbocycles. The summed E-state index contributed by atoms with van der Waals surface area (Å²) in [5, 5.41) is 0. The van der Waals surface area contributed by atoms with E-state index in [1.165, 1.54) is 6.07 Å². The van der Waals surface area contributed by atoms with Crippen molar-refractivity contribution in [2.45, 2.75) is 6.54 Å². The lowest BCUT2D eigenvalue weighted by Crippen LogP contribution is -2.40. The molecule has 94 valence electrons. The van der Waals surface area contributed by atoms with Crippen LogP contribution in [0.1, 0.15) is 5.56 Å². The van der Waals surface area contributed by atoms with E-state index in [1.807, 2.05) is 4.90 Å². The fourth-order valence-corrected chi connectivity index (χ4v) is 3.09. The third-order valence-electron chi connectivity index (χ3n) is 2.96. The number of rotatable bonds is 2. The van der Waals surface area contributed by atoms with Crippen LogP contribution in [0.3, 0.4) is 0 Å². The van der Waals surface area contributed by atoms with E-state index in [9.17, 15) is 12.8 Å². The van der Waals surface area contributed by atoms with Crippen LogP contribution in [0.15, 0.2) is 18.2 Å². The lowest BCUT2D eigenvalue weighted by Gasteiger charge is -2.29. The lowest BCUT2D eigenvalue weighted by atomic mass is 10.1. The summed E-state index contributed by atoms with van der Waals surface area (Å²) in [6, 6.07) is 4.72. The molecule has 6 heteroatoms. The summed E-state index contributed by atoms with van der Waals surface area (Å²) in [5.41, 5.74) is 6.73. The van der Waals surface area contributed by atoms with E-state index < -0.39 is 9.84 Å². The van der Waals surface area contributed by atoms with E-state index in [-0.39, 0.29) is 23.9 Å². The summed E-state index contributed by atoms with van der Waals surface area (Å²) >= 11 is 0. The molecule has 0 atom stereocenters. The van der Waals surface area contributed by atoms with Crippen LogP contribution >= 0.6 is 0 Å². The number of hydrogen-bond acceptors (Lipinski definition) is 4. The van der Waals surface area contributed by atoms with E-state index in [1.54, 1.807) is 12.1 Å². The van der Waals surface area contributed by atoms with Crippen LogP contribution in [0.5, 0.6) is 0 Å². The first-order valence-corrected chi connectivity index (χ1v) is 7.28. The Hall–Kier alpha value is -1.14. The van der Waals surface area contributed by atoms with Gasteiger partial charge >= 0.3 is 0 Å². The van der Waals surface area contributed by atoms with Gasteiger partial charge in [0, 0.05) is 30.9 Å². The van der Waals surface area contributed by atoms with Gasteiger partial charge in [-0.15, -0.1) is 0 Å². The molecule has 1 saturated heterocycles. The van der Waals surface area contributed by atoms with Gasteiger partial charge in [0.05, 0.1) is 11.5 Å². The molecule has 1 aliphatic heterocycles. The van der Waals surface area contributed by atoms with Gasteiger partial charge in [-0.2, -0.15) is 0 Å². The molecule has 4 nitrogen and oxygen atoms in total. The van der Waals surface area contributed by atoms with Crippen molar-refractivity contribution in [1.82, 2.24) is 0 Å². The second-order valence-electron chi connectivity index (χ2n) is 4.12. The number of halogens is 1. The molecule has 0 unspecified atom stereocenters. The zero-order chi connectivity index (χ0) is 12.5. The van der Waals surface area contributed by atoms with E-state index in [4.69, 9.17) is 5.73 Å². The van der Waals surface area contributed by atoms with Crippen molar-refractivity contribution in [3.8, 4) is 0 Å². The largest absolute Gasteiger partial charge is 0.369 e. The van der Waals surface area contributed by atoms with Crippen LogP contribution < -0.4 is 10.6 Å². The summed E-state index contributed by atoms with van der Waals surface area (Å²) in [6.45, 7) is 1.06. The van der Waals surface area contributed by atoms with Gasteiger partial charge in [0.15, 0.2) is 9.84 Å². The molecule has 1 aromatic rings. The summed E-state index contributed by atoms with van der Waals surface area (Å²) in [7, 11) is -2.89. The molecule has 1 aromatic carbocycles. The molecule has 0 radical (unpaired) electrons. The smallest absolute Gasteiger partial charge is 0.153 e. The molecule has 0 aliphatic carbocycles. The highest BCUT2D eigenvalue weighted by atomic mass is 32.2. The molecule has 0 aromatic heterocycles. The molecule has 1 fully saturated rings. The number of hydrogen-bond donors (Lipinski definition) is 1. The SMILES string of the molecule is NCc1cc(N2CCS(=O)(=O)CC2)ccc1F. The van der Waals surface area contributed by atoms with Gasteiger partial charge in [-0.1, -0.05) is 0 Å². The van der Waals surface area contributed by atoms with Crippen molar-refractivity contribution < 1.29 is 12.8 Å². The standard InChI is InChI=1S/C11H15FN2O2S/c12-11-2-1-10(7-9(11)8-13)14-3-5-17(15,16)6-4-14/h1-2,7H,3-6,8,13H2. The van der Waals surface area contributed by atoms with E-state index in [0.717, 1.165) is 5.69 Å². The van der Waals surface area contributed by atoms with Crippen molar-refractivity contribution in [3.05, 3.63) is 29.6 Å². The Morgan fingerprint density at radius 1 is 1.29 bits per heavy atom. The number of nitrogens with zero attached hydrogens (tertiary/aromatic N) is 1. The van der Waals surface area contributed by atoms with Crippen LogP contribution in [0, 0.1) is 5.82 Å². The van der Waals surface area contributed by atoms with E-state index in [0.29, 0.717) is 18.7 Å². The Balaban J connectivity index is 2.19. The average molecular weight is 258 g/mol. The molecule has 2 rings (SSSR count). The monoisotopic (exact) mass is 258 g/mol. The zero-order valence-electron chi connectivity index (χ0n) is 9.39. The topological polar surface area (TPSA) is 63.4 Å². The normalized spacial score (nSPS) is 19.3. The maximum Gasteiger partial charge on any atom is 0.153 e. The van der Waals surface area contributed by atoms with Crippen LogP contribution in [0.25, 0.3) is 0 Å². The number of benzene rings is 1. The van der Waals surface area contributed by atoms with Gasteiger partial charge in [0.2, 0.25) is 0 Å². The van der Waals surface area contributed by atoms with Gasteiger partial charge in [-0.25, -0.2) is 12.8 Å². The Morgan fingerprint density at radius 3 is 2.53 bits per heavy atom. The summed E-state index contributed by atoms with van der Waals surface area (Å²) in [6.07, 6.45) is 0. The van der Waals surface area contributed by atoms with Crippen LogP contribution in [-0.2, 0) is 16.4 Å². The number of nitrogens with two attached hydrogens (primary N) is 1. The maximum absolute atomic E-state index is 13.3. The third kappa shape index (κ3) is 2.76. The second kappa shape index (κ2) is 4.62. The third-order valence-corrected chi connectivity index (χ3v) is 4.57. The van der Waals surface area contributed by atoms with Crippen molar-refractivity contribution in [3.63, 3.8) is 0 Å². The van der Waals surface area contributed by atoms with Crippen LogP contribution in [-0.4, -0.2) is 33.0 Å². The molecule has 0 amide bonds. The number of anilines is 1. The first-order valence-electron chi connectivity index (χ1n) is 5.46. The highest BCUT2D eigenvalue weighted by molar-refractivity contribution is 7.91. The van der Waals surface area contributed by atoms with Crippen molar-refractivity contribution in [1.29, 1.82) is 0 Å². The second-order valence-corrected chi connectivity index (χ2v) is 6.42. The van der Waals surface area contributed by atoms with Gasteiger partial charge in [-0.05, 0) is 18.2 Å². The Bertz CT molecular complexity index is 502. The highest BCUT2D eigenvalue weighted by Gasteiger charge is 2.22. The van der Waals surface area contributed by atoms with Gasteiger partial charge in [0.1, 0.15) is 5.82 Å². The Morgan fingerprint density at radius 2 is 1.94 bits per heavy atom. The summed E-state index contributed by atoms with van der Waals surface area (Å²) in [5.74, 6) is -0.00844. The average Bonchev–Trinajstić information content (AvgIpc) is 2.30. The van der Waals surface area contributed by atoms with Crippen LogP contribution in [0.2, 0.25) is 0 Å². The minimum atomic E-state index is -2.89. The van der Waals surface area contributed by atoms with Gasteiger partial charge in [0.25, 0.3) is 0 Å². The molecule has 2 N–H and O–H groups in total. The highest BCUT2D eigenvalue weighted by Crippen LogP contribution is 2.20. The summed E-state index contributed by atoms with van der Waals surface area (Å²) < 4.78 is 35.9. The molecule has 1 aliphatic rings. The predicted octanol–water partition coefficient (Wildman–Crippen LogP) is 0.519. The van der Waals surface area contributed by atoms with Gasteiger partial charge < -0.3 is 10.6 Å². The molecule has 0 spiro atoms. The van der Waals surface area contributed by atoms with E-state index >= 15 is 0 Å². The van der Waals surface area contributed by atoms with Crippen molar-refractivity contribution >= 4 is 15.5 Å². The molecular formula is C11H15FN2O2S. The quantitative estimate of drug-likeness (QED) is 0.840. The minimum absolute atomic E-state index is 0.145.